The number of pyridine rings is 1. The van der Waals surface area contributed by atoms with E-state index in [4.69, 9.17) is 4.52 Å². The Morgan fingerprint density at radius 1 is 1.40 bits per heavy atom. The van der Waals surface area contributed by atoms with E-state index in [0.29, 0.717) is 17.7 Å². The molecular weight excluding hydrogens is 272 g/mol. The number of rotatable bonds is 2. The van der Waals surface area contributed by atoms with E-state index in [9.17, 15) is 0 Å². The third-order valence-electron chi connectivity index (χ3n) is 3.84. The fourth-order valence-electron chi connectivity index (χ4n) is 2.61. The van der Waals surface area contributed by atoms with Gasteiger partial charge in [0, 0.05) is 18.3 Å². The minimum Gasteiger partial charge on any atom is -0.339 e. The molecule has 6 heteroatoms. The monoisotopic (exact) mass is 286 g/mol. The van der Waals surface area contributed by atoms with E-state index >= 15 is 0 Å². The highest BCUT2D eigenvalue weighted by molar-refractivity contribution is 7.17. The van der Waals surface area contributed by atoms with Crippen molar-refractivity contribution in [2.24, 2.45) is 5.92 Å². The number of hydrogen-bond acceptors (Lipinski definition) is 6. The zero-order chi connectivity index (χ0) is 13.5. The summed E-state index contributed by atoms with van der Waals surface area (Å²) in [5.41, 5.74) is 1.92. The predicted octanol–water partition coefficient (Wildman–Crippen LogP) is 2.67. The lowest BCUT2D eigenvalue weighted by Gasteiger charge is -2.07. The minimum atomic E-state index is 0.315. The standard InChI is InChI=1S/C14H14N4OS/c1-8-5-15-7-10(8)14-17-13(18-19-14)9-4-12-11(16-6-9)2-3-20-12/h2-4,6,8,10,15H,5,7H2,1H3. The number of nitrogens with one attached hydrogen (secondary N) is 1. The Bertz CT molecular complexity index is 750. The van der Waals surface area contributed by atoms with Crippen LogP contribution in [0.4, 0.5) is 0 Å². The summed E-state index contributed by atoms with van der Waals surface area (Å²) in [5.74, 6) is 2.20. The number of fused-ring (bicyclic) bond motifs is 1. The van der Waals surface area contributed by atoms with Gasteiger partial charge in [-0.05, 0) is 30.0 Å². The predicted molar refractivity (Wildman–Crippen MR) is 77.7 cm³/mol. The Kier molecular flexibility index (Phi) is 2.78. The van der Waals surface area contributed by atoms with Gasteiger partial charge in [-0.3, -0.25) is 4.98 Å². The third kappa shape index (κ3) is 1.92. The molecule has 2 atom stereocenters. The number of thiophene rings is 1. The zero-order valence-electron chi connectivity index (χ0n) is 11.0. The van der Waals surface area contributed by atoms with Crippen LogP contribution in [-0.2, 0) is 0 Å². The van der Waals surface area contributed by atoms with Crippen molar-refractivity contribution in [3.63, 3.8) is 0 Å². The molecule has 1 aliphatic rings. The molecule has 102 valence electrons. The largest absolute Gasteiger partial charge is 0.339 e. The molecule has 0 saturated carbocycles. The first-order chi connectivity index (χ1) is 9.81. The van der Waals surface area contributed by atoms with Crippen LogP contribution in [0.1, 0.15) is 18.7 Å². The van der Waals surface area contributed by atoms with Gasteiger partial charge in [-0.15, -0.1) is 11.3 Å². The number of aromatic nitrogens is 3. The Labute approximate surface area is 120 Å². The molecule has 0 bridgehead atoms. The van der Waals surface area contributed by atoms with Gasteiger partial charge < -0.3 is 9.84 Å². The highest BCUT2D eigenvalue weighted by Gasteiger charge is 2.29. The molecule has 0 aliphatic carbocycles. The lowest BCUT2D eigenvalue weighted by molar-refractivity contribution is 0.340. The number of nitrogens with zero attached hydrogens (tertiary/aromatic N) is 3. The summed E-state index contributed by atoms with van der Waals surface area (Å²) in [6, 6.07) is 4.08. The van der Waals surface area contributed by atoms with Crippen molar-refractivity contribution in [2.45, 2.75) is 12.8 Å². The smallest absolute Gasteiger partial charge is 0.231 e. The van der Waals surface area contributed by atoms with Gasteiger partial charge >= 0.3 is 0 Å². The first kappa shape index (κ1) is 12.0. The van der Waals surface area contributed by atoms with Crippen LogP contribution in [0.15, 0.2) is 28.2 Å². The number of hydrogen-bond donors (Lipinski definition) is 1. The van der Waals surface area contributed by atoms with Gasteiger partial charge in [-0.1, -0.05) is 12.1 Å². The van der Waals surface area contributed by atoms with Crippen LogP contribution in [0, 0.1) is 5.92 Å². The molecule has 1 saturated heterocycles. The van der Waals surface area contributed by atoms with Crippen LogP contribution in [0.2, 0.25) is 0 Å². The Morgan fingerprint density at radius 2 is 2.35 bits per heavy atom. The molecule has 3 aromatic rings. The molecule has 1 aliphatic heterocycles. The van der Waals surface area contributed by atoms with E-state index < -0.39 is 0 Å². The molecule has 4 rings (SSSR count). The van der Waals surface area contributed by atoms with Crippen molar-refractivity contribution in [1.82, 2.24) is 20.4 Å². The molecule has 3 aromatic heterocycles. The molecular formula is C14H14N4OS. The summed E-state index contributed by atoms with van der Waals surface area (Å²) < 4.78 is 6.58. The molecule has 2 unspecified atom stereocenters. The summed E-state index contributed by atoms with van der Waals surface area (Å²) in [4.78, 5) is 8.97. The summed E-state index contributed by atoms with van der Waals surface area (Å²) in [7, 11) is 0. The summed E-state index contributed by atoms with van der Waals surface area (Å²) in [6.45, 7) is 4.11. The van der Waals surface area contributed by atoms with Gasteiger partial charge in [0.25, 0.3) is 0 Å². The Morgan fingerprint density at radius 3 is 3.20 bits per heavy atom. The maximum absolute atomic E-state index is 5.44. The van der Waals surface area contributed by atoms with E-state index in [-0.39, 0.29) is 0 Å². The van der Waals surface area contributed by atoms with Crippen LogP contribution in [-0.4, -0.2) is 28.2 Å². The van der Waals surface area contributed by atoms with Crippen LogP contribution in [0.5, 0.6) is 0 Å². The molecule has 1 N–H and O–H groups in total. The van der Waals surface area contributed by atoms with Gasteiger partial charge in [-0.2, -0.15) is 4.98 Å². The maximum Gasteiger partial charge on any atom is 0.231 e. The van der Waals surface area contributed by atoms with Crippen LogP contribution < -0.4 is 5.32 Å². The molecule has 0 radical (unpaired) electrons. The van der Waals surface area contributed by atoms with Gasteiger partial charge in [0.1, 0.15) is 0 Å². The first-order valence-electron chi connectivity index (χ1n) is 6.69. The maximum atomic E-state index is 5.44. The highest BCUT2D eigenvalue weighted by atomic mass is 32.1. The Balaban J connectivity index is 1.70. The van der Waals surface area contributed by atoms with E-state index in [1.54, 1.807) is 17.5 Å². The van der Waals surface area contributed by atoms with Crippen molar-refractivity contribution < 1.29 is 4.52 Å². The second-order valence-electron chi connectivity index (χ2n) is 5.23. The van der Waals surface area contributed by atoms with Crippen molar-refractivity contribution in [3.05, 3.63) is 29.6 Å². The molecule has 5 nitrogen and oxygen atoms in total. The second-order valence-corrected chi connectivity index (χ2v) is 6.17. The molecule has 4 heterocycles. The van der Waals surface area contributed by atoms with Crippen LogP contribution in [0.3, 0.4) is 0 Å². The van der Waals surface area contributed by atoms with Gasteiger partial charge in [0.15, 0.2) is 0 Å². The molecule has 0 amide bonds. The summed E-state index contributed by atoms with van der Waals surface area (Å²) >= 11 is 1.67. The SMILES string of the molecule is CC1CNCC1c1nc(-c2cnc3ccsc3c2)no1. The molecule has 1 fully saturated rings. The van der Waals surface area contributed by atoms with Gasteiger partial charge in [-0.25, -0.2) is 0 Å². The van der Waals surface area contributed by atoms with Gasteiger partial charge in [0.2, 0.25) is 11.7 Å². The average molecular weight is 286 g/mol. The van der Waals surface area contributed by atoms with E-state index in [1.807, 2.05) is 11.4 Å². The highest BCUT2D eigenvalue weighted by Crippen LogP contribution is 2.29. The second kappa shape index (κ2) is 4.64. The average Bonchev–Trinajstić information content (AvgIpc) is 3.17. The van der Waals surface area contributed by atoms with Gasteiger partial charge in [0.05, 0.1) is 16.1 Å². The molecule has 0 spiro atoms. The van der Waals surface area contributed by atoms with Crippen molar-refractivity contribution in [1.29, 1.82) is 0 Å². The van der Waals surface area contributed by atoms with Crippen molar-refractivity contribution >= 4 is 21.6 Å². The van der Waals surface area contributed by atoms with E-state index in [0.717, 1.165) is 34.8 Å². The Hall–Kier alpha value is -1.79. The first-order valence-corrected chi connectivity index (χ1v) is 7.57. The van der Waals surface area contributed by atoms with Crippen molar-refractivity contribution in [2.75, 3.05) is 13.1 Å². The summed E-state index contributed by atoms with van der Waals surface area (Å²) in [5, 5.41) is 9.50. The van der Waals surface area contributed by atoms with Crippen LogP contribution >= 0.6 is 11.3 Å². The molecule has 20 heavy (non-hydrogen) atoms. The van der Waals surface area contributed by atoms with Crippen LogP contribution in [0.25, 0.3) is 21.6 Å². The van der Waals surface area contributed by atoms with E-state index in [2.05, 4.69) is 33.4 Å². The fraction of sp³-hybridized carbons (Fsp3) is 0.357. The minimum absolute atomic E-state index is 0.315. The normalized spacial score (nSPS) is 22.6. The lowest BCUT2D eigenvalue weighted by Crippen LogP contribution is -2.08. The third-order valence-corrected chi connectivity index (χ3v) is 4.69. The fourth-order valence-corrected chi connectivity index (χ4v) is 3.39. The zero-order valence-corrected chi connectivity index (χ0v) is 11.9. The lowest BCUT2D eigenvalue weighted by atomic mass is 9.98. The quantitative estimate of drug-likeness (QED) is 0.784. The molecule has 0 aromatic carbocycles. The topological polar surface area (TPSA) is 63.8 Å². The van der Waals surface area contributed by atoms with E-state index in [1.165, 1.54) is 0 Å². The summed E-state index contributed by atoms with van der Waals surface area (Å²) in [6.07, 6.45) is 1.81. The van der Waals surface area contributed by atoms with Crippen molar-refractivity contribution in [3.8, 4) is 11.4 Å².